The number of benzene rings is 1. The number of anilines is 1. The Labute approximate surface area is 83.3 Å². The van der Waals surface area contributed by atoms with Crippen molar-refractivity contribution in [1.29, 1.82) is 0 Å². The van der Waals surface area contributed by atoms with Gasteiger partial charge in [0.1, 0.15) is 11.4 Å². The molecule has 4 heteroatoms. The van der Waals surface area contributed by atoms with E-state index >= 15 is 0 Å². The van der Waals surface area contributed by atoms with Crippen molar-refractivity contribution in [2.24, 2.45) is 9.98 Å². The van der Waals surface area contributed by atoms with Gasteiger partial charge in [-0.15, -0.1) is 0 Å². The van der Waals surface area contributed by atoms with Crippen molar-refractivity contribution >= 4 is 30.5 Å². The largest absolute Gasteiger partial charge is 0.494 e. The molecule has 0 saturated heterocycles. The highest BCUT2D eigenvalue weighted by Gasteiger charge is 2.07. The van der Waals surface area contributed by atoms with Gasteiger partial charge < -0.3 is 10.1 Å². The summed E-state index contributed by atoms with van der Waals surface area (Å²) >= 11 is 0. The molecule has 0 heterocycles. The predicted molar refractivity (Wildman–Crippen MR) is 61.0 cm³/mol. The molecule has 0 spiro atoms. The zero-order valence-electron chi connectivity index (χ0n) is 8.37. The fourth-order valence-corrected chi connectivity index (χ4v) is 1.18. The molecule has 0 unspecified atom stereocenters. The van der Waals surface area contributed by atoms with Gasteiger partial charge in [-0.1, -0.05) is 0 Å². The topological polar surface area (TPSA) is 46.0 Å². The Morgan fingerprint density at radius 3 is 2.29 bits per heavy atom. The number of hydrogen-bond acceptors (Lipinski definition) is 4. The third kappa shape index (κ3) is 1.74. The molecule has 0 aliphatic heterocycles. The Balaban J connectivity index is 3.34. The van der Waals surface area contributed by atoms with Gasteiger partial charge in [-0.25, -0.2) is 0 Å². The molecule has 0 aliphatic rings. The summed E-state index contributed by atoms with van der Waals surface area (Å²) in [6.45, 7) is 6.95. The van der Waals surface area contributed by atoms with Crippen LogP contribution in [0.15, 0.2) is 22.1 Å². The van der Waals surface area contributed by atoms with Crippen LogP contribution in [0.3, 0.4) is 0 Å². The Kier molecular flexibility index (Phi) is 3.23. The van der Waals surface area contributed by atoms with Crippen molar-refractivity contribution in [3.05, 3.63) is 12.1 Å². The second kappa shape index (κ2) is 4.41. The molecular formula is C10H13N3O. The predicted octanol–water partition coefficient (Wildman–Crippen LogP) is 2.40. The van der Waals surface area contributed by atoms with E-state index in [2.05, 4.69) is 28.7 Å². The lowest BCUT2D eigenvalue weighted by Crippen LogP contribution is -1.90. The maximum absolute atomic E-state index is 5.13. The van der Waals surface area contributed by atoms with Crippen LogP contribution in [0.25, 0.3) is 0 Å². The van der Waals surface area contributed by atoms with E-state index in [1.54, 1.807) is 13.2 Å². The maximum Gasteiger partial charge on any atom is 0.146 e. The third-order valence-electron chi connectivity index (χ3n) is 1.91. The smallest absolute Gasteiger partial charge is 0.146 e. The zero-order chi connectivity index (χ0) is 10.6. The molecule has 0 atom stereocenters. The van der Waals surface area contributed by atoms with Crippen molar-refractivity contribution in [3.8, 4) is 5.75 Å². The molecule has 0 aliphatic carbocycles. The first-order valence-electron chi connectivity index (χ1n) is 4.10. The first-order valence-corrected chi connectivity index (χ1v) is 4.10. The maximum atomic E-state index is 5.13. The molecule has 74 valence electrons. The van der Waals surface area contributed by atoms with E-state index in [0.717, 1.165) is 11.4 Å². The lowest BCUT2D eigenvalue weighted by atomic mass is 10.2. The lowest BCUT2D eigenvalue weighted by Gasteiger charge is -2.09. The van der Waals surface area contributed by atoms with Crippen LogP contribution in [0.4, 0.5) is 17.1 Å². The van der Waals surface area contributed by atoms with Gasteiger partial charge in [0.25, 0.3) is 0 Å². The fraction of sp³-hybridized carbons (Fsp3) is 0.200. The van der Waals surface area contributed by atoms with Gasteiger partial charge in [-0.3, -0.25) is 9.98 Å². The number of ether oxygens (including phenoxy) is 1. The van der Waals surface area contributed by atoms with Gasteiger partial charge >= 0.3 is 0 Å². The van der Waals surface area contributed by atoms with Crippen molar-refractivity contribution in [1.82, 2.24) is 0 Å². The summed E-state index contributed by atoms with van der Waals surface area (Å²) in [5.41, 5.74) is 2.27. The highest BCUT2D eigenvalue weighted by molar-refractivity contribution is 5.76. The van der Waals surface area contributed by atoms with Crippen LogP contribution in [-0.2, 0) is 0 Å². The van der Waals surface area contributed by atoms with Crippen molar-refractivity contribution in [2.75, 3.05) is 19.5 Å². The van der Waals surface area contributed by atoms with Crippen molar-refractivity contribution < 1.29 is 4.74 Å². The van der Waals surface area contributed by atoms with Gasteiger partial charge in [-0.05, 0) is 19.5 Å². The molecule has 0 bridgehead atoms. The van der Waals surface area contributed by atoms with Crippen molar-refractivity contribution in [2.45, 2.75) is 0 Å². The minimum Gasteiger partial charge on any atom is -0.494 e. The zero-order valence-corrected chi connectivity index (χ0v) is 8.37. The van der Waals surface area contributed by atoms with Crippen LogP contribution < -0.4 is 10.1 Å². The molecular weight excluding hydrogens is 178 g/mol. The van der Waals surface area contributed by atoms with E-state index in [-0.39, 0.29) is 0 Å². The fourth-order valence-electron chi connectivity index (χ4n) is 1.18. The molecule has 14 heavy (non-hydrogen) atoms. The third-order valence-corrected chi connectivity index (χ3v) is 1.91. The van der Waals surface area contributed by atoms with Gasteiger partial charge in [0.15, 0.2) is 0 Å². The van der Waals surface area contributed by atoms with E-state index in [0.29, 0.717) is 11.4 Å². The van der Waals surface area contributed by atoms with E-state index in [1.807, 2.05) is 13.1 Å². The first-order chi connectivity index (χ1) is 6.76. The second-order valence-corrected chi connectivity index (χ2v) is 2.61. The average Bonchev–Trinajstić information content (AvgIpc) is 2.26. The summed E-state index contributed by atoms with van der Waals surface area (Å²) in [6.07, 6.45) is 0. The minimum absolute atomic E-state index is 0.640. The van der Waals surface area contributed by atoms with Crippen LogP contribution in [-0.4, -0.2) is 27.6 Å². The van der Waals surface area contributed by atoms with Crippen LogP contribution >= 0.6 is 0 Å². The molecule has 0 saturated carbocycles. The highest BCUT2D eigenvalue weighted by atomic mass is 16.5. The van der Waals surface area contributed by atoms with E-state index in [1.165, 1.54) is 0 Å². The Morgan fingerprint density at radius 2 is 1.86 bits per heavy atom. The molecule has 1 aromatic carbocycles. The van der Waals surface area contributed by atoms with Crippen LogP contribution in [0.5, 0.6) is 5.75 Å². The summed E-state index contributed by atoms with van der Waals surface area (Å²) < 4.78 is 5.13. The number of hydrogen-bond donors (Lipinski definition) is 1. The van der Waals surface area contributed by atoms with Crippen molar-refractivity contribution in [3.63, 3.8) is 0 Å². The summed E-state index contributed by atoms with van der Waals surface area (Å²) in [5, 5.41) is 3.00. The Bertz CT molecular complexity index is 325. The normalized spacial score (nSPS) is 9.29. The summed E-state index contributed by atoms with van der Waals surface area (Å²) in [7, 11) is 3.39. The van der Waals surface area contributed by atoms with Gasteiger partial charge in [0.05, 0.1) is 18.5 Å². The molecule has 0 radical (unpaired) electrons. The SMILES string of the molecule is C=Nc1cc(OC)c(N=C)cc1NC. The molecule has 0 fully saturated rings. The average molecular weight is 191 g/mol. The minimum atomic E-state index is 0.640. The van der Waals surface area contributed by atoms with Gasteiger partial charge in [0.2, 0.25) is 0 Å². The van der Waals surface area contributed by atoms with Gasteiger partial charge in [-0.2, -0.15) is 0 Å². The Hall–Kier alpha value is -1.84. The summed E-state index contributed by atoms with van der Waals surface area (Å²) in [4.78, 5) is 7.72. The number of nitrogens with one attached hydrogen (secondary N) is 1. The van der Waals surface area contributed by atoms with E-state index in [4.69, 9.17) is 4.74 Å². The lowest BCUT2D eigenvalue weighted by molar-refractivity contribution is 0.416. The number of rotatable bonds is 4. The molecule has 1 N–H and O–H groups in total. The summed E-state index contributed by atoms with van der Waals surface area (Å²) in [6, 6.07) is 3.58. The highest BCUT2D eigenvalue weighted by Crippen LogP contribution is 2.37. The van der Waals surface area contributed by atoms with E-state index in [9.17, 15) is 0 Å². The number of aliphatic imine (C=N–C) groups is 2. The Morgan fingerprint density at radius 1 is 1.21 bits per heavy atom. The second-order valence-electron chi connectivity index (χ2n) is 2.61. The summed E-state index contributed by atoms with van der Waals surface area (Å²) in [5.74, 6) is 0.640. The standard InChI is InChI=1S/C10H13N3O/c1-11-7-5-9(13-3)10(14-4)6-8(7)12-2/h5-6,11H,2-3H2,1,4H3. The molecule has 0 amide bonds. The molecule has 1 aromatic rings. The van der Waals surface area contributed by atoms with Crippen LogP contribution in [0, 0.1) is 0 Å². The van der Waals surface area contributed by atoms with Crippen LogP contribution in [0.2, 0.25) is 0 Å². The molecule has 4 nitrogen and oxygen atoms in total. The first kappa shape index (κ1) is 10.2. The number of nitrogens with zero attached hydrogens (tertiary/aromatic N) is 2. The monoisotopic (exact) mass is 191 g/mol. The van der Waals surface area contributed by atoms with Crippen LogP contribution in [0.1, 0.15) is 0 Å². The quantitative estimate of drug-likeness (QED) is 0.743. The van der Waals surface area contributed by atoms with Gasteiger partial charge in [0, 0.05) is 13.1 Å². The van der Waals surface area contributed by atoms with E-state index < -0.39 is 0 Å². The molecule has 1 rings (SSSR count). The molecule has 0 aromatic heterocycles. The number of methoxy groups -OCH3 is 1.